The van der Waals surface area contributed by atoms with Gasteiger partial charge in [0.1, 0.15) is 31.5 Å². The molecule has 0 aromatic carbocycles. The first-order valence-corrected chi connectivity index (χ1v) is 15.2. The number of hydrogen-bond donors (Lipinski definition) is 0. The molecule has 3 nitrogen and oxygen atoms in total. The average molecular weight is 501 g/mol. The molecule has 3 heteroatoms. The smallest absolute Gasteiger partial charge is 0.180 e. The largest absolute Gasteiger partial charge is 0.442 e. The van der Waals surface area contributed by atoms with Gasteiger partial charge in [-0.2, -0.15) is 0 Å². The Morgan fingerprint density at radius 3 is 1.14 bits per heavy atom. The monoisotopic (exact) mass is 500 g/mol. The van der Waals surface area contributed by atoms with Gasteiger partial charge in [0.2, 0.25) is 0 Å². The number of ether oxygens (including phenoxy) is 3. The van der Waals surface area contributed by atoms with Crippen LogP contribution in [-0.2, 0) is 14.2 Å². The van der Waals surface area contributed by atoms with E-state index in [9.17, 15) is 0 Å². The lowest BCUT2D eigenvalue weighted by Crippen LogP contribution is -2.22. The summed E-state index contributed by atoms with van der Waals surface area (Å²) in [7, 11) is 0. The van der Waals surface area contributed by atoms with Crippen molar-refractivity contribution in [1.29, 1.82) is 0 Å². The Bertz CT molecular complexity index is 585. The van der Waals surface area contributed by atoms with Gasteiger partial charge in [-0.05, 0) is 19.3 Å². The van der Waals surface area contributed by atoms with E-state index < -0.39 is 0 Å². The van der Waals surface area contributed by atoms with Gasteiger partial charge >= 0.3 is 0 Å². The lowest BCUT2D eigenvalue weighted by molar-refractivity contribution is 0.0417. The van der Waals surface area contributed by atoms with Crippen LogP contribution in [0.5, 0.6) is 0 Å². The van der Waals surface area contributed by atoms with E-state index in [-0.39, 0.29) is 6.10 Å². The number of rotatable bonds is 23. The predicted octanol–water partition coefficient (Wildman–Crippen LogP) is 9.54. The molecular formula is C33H56O3. The van der Waals surface area contributed by atoms with E-state index >= 15 is 0 Å². The highest BCUT2D eigenvalue weighted by Crippen LogP contribution is 2.08. The van der Waals surface area contributed by atoms with Crippen LogP contribution in [0.2, 0.25) is 0 Å². The third-order valence-electron chi connectivity index (χ3n) is 6.09. The predicted molar refractivity (Wildman–Crippen MR) is 154 cm³/mol. The summed E-state index contributed by atoms with van der Waals surface area (Å²) in [6.07, 6.45) is 33.8. The molecule has 0 bridgehead atoms. The molecule has 0 N–H and O–H groups in total. The number of hydrogen-bond acceptors (Lipinski definition) is 3. The molecule has 0 unspecified atom stereocenters. The van der Waals surface area contributed by atoms with E-state index in [1.54, 1.807) is 0 Å². The van der Waals surface area contributed by atoms with Crippen LogP contribution in [0.3, 0.4) is 0 Å². The zero-order valence-corrected chi connectivity index (χ0v) is 24.1. The standard InChI is InChI=1S/C33H56O3/c1-4-7-10-13-16-19-22-25-28-34-31-33(36-30-27-24-21-18-15-12-9-6-3)32-35-29-26-23-20-17-14-11-8-5-2/h33H,4-24,31-32H2,1-3H3. The summed E-state index contributed by atoms with van der Waals surface area (Å²) >= 11 is 0. The van der Waals surface area contributed by atoms with Gasteiger partial charge in [-0.15, -0.1) is 0 Å². The maximum absolute atomic E-state index is 5.71. The molecule has 0 saturated carbocycles. The summed E-state index contributed by atoms with van der Waals surface area (Å²) in [5.41, 5.74) is 0. The summed E-state index contributed by atoms with van der Waals surface area (Å²) in [6, 6.07) is 0. The highest BCUT2D eigenvalue weighted by Gasteiger charge is 2.10. The lowest BCUT2D eigenvalue weighted by Gasteiger charge is -2.11. The summed E-state index contributed by atoms with van der Waals surface area (Å²) < 4.78 is 16.8. The third-order valence-corrected chi connectivity index (χ3v) is 6.09. The summed E-state index contributed by atoms with van der Waals surface area (Å²) in [5, 5.41) is 0. The Morgan fingerprint density at radius 1 is 0.417 bits per heavy atom. The van der Waals surface area contributed by atoms with Crippen LogP contribution in [0.15, 0.2) is 0 Å². The van der Waals surface area contributed by atoms with Crippen molar-refractivity contribution in [2.75, 3.05) is 13.2 Å². The minimum absolute atomic E-state index is 0.284. The Hall–Kier alpha value is -1.92. The SMILES string of the molecule is CCCCCCCCC#COCC(COC#CCCCCCCCC)OC#CCCCCCCCC. The van der Waals surface area contributed by atoms with E-state index in [2.05, 4.69) is 56.9 Å². The lowest BCUT2D eigenvalue weighted by atomic mass is 10.1. The van der Waals surface area contributed by atoms with Crippen molar-refractivity contribution in [2.24, 2.45) is 0 Å². The van der Waals surface area contributed by atoms with Gasteiger partial charge in [0.05, 0.1) is 0 Å². The topological polar surface area (TPSA) is 27.7 Å². The molecule has 0 atom stereocenters. The quantitative estimate of drug-likeness (QED) is 0.103. The highest BCUT2D eigenvalue weighted by atomic mass is 16.5. The van der Waals surface area contributed by atoms with Gasteiger partial charge in [-0.25, -0.2) is 0 Å². The Labute approximate surface area is 225 Å². The fourth-order valence-electron chi connectivity index (χ4n) is 3.75. The van der Waals surface area contributed by atoms with Gasteiger partial charge in [0.15, 0.2) is 6.10 Å². The Morgan fingerprint density at radius 2 is 0.750 bits per heavy atom. The summed E-state index contributed by atoms with van der Waals surface area (Å²) in [6.45, 7) is 7.42. The normalized spacial score (nSPS) is 10.0. The molecule has 0 aliphatic rings. The summed E-state index contributed by atoms with van der Waals surface area (Å²) in [4.78, 5) is 0. The minimum Gasteiger partial charge on any atom is -0.442 e. The molecule has 0 fully saturated rings. The Balaban J connectivity index is 4.21. The van der Waals surface area contributed by atoms with Crippen molar-refractivity contribution >= 4 is 0 Å². The van der Waals surface area contributed by atoms with Crippen molar-refractivity contribution in [1.82, 2.24) is 0 Å². The van der Waals surface area contributed by atoms with Crippen LogP contribution in [0.25, 0.3) is 0 Å². The van der Waals surface area contributed by atoms with Crippen molar-refractivity contribution < 1.29 is 14.2 Å². The molecular weight excluding hydrogens is 444 g/mol. The maximum atomic E-state index is 5.71. The van der Waals surface area contributed by atoms with Gasteiger partial charge in [-0.3, -0.25) is 0 Å². The number of unbranched alkanes of at least 4 members (excludes halogenated alkanes) is 18. The van der Waals surface area contributed by atoms with Crippen molar-refractivity contribution in [3.63, 3.8) is 0 Å². The zero-order valence-electron chi connectivity index (χ0n) is 24.1. The van der Waals surface area contributed by atoms with Crippen molar-refractivity contribution in [2.45, 2.75) is 162 Å². The second kappa shape index (κ2) is 31.1. The first-order chi connectivity index (χ1) is 17.8. The van der Waals surface area contributed by atoms with E-state index in [1.807, 2.05) is 0 Å². The van der Waals surface area contributed by atoms with E-state index in [4.69, 9.17) is 14.2 Å². The molecule has 0 aromatic heterocycles. The Kier molecular flexibility index (Phi) is 29.5. The molecule has 0 saturated heterocycles. The molecule has 36 heavy (non-hydrogen) atoms. The average Bonchev–Trinajstić information content (AvgIpc) is 2.89. The fourth-order valence-corrected chi connectivity index (χ4v) is 3.75. The first kappa shape index (κ1) is 34.1. The molecule has 0 spiro atoms. The molecule has 0 radical (unpaired) electrons. The molecule has 0 rings (SSSR count). The van der Waals surface area contributed by atoms with Crippen LogP contribution in [-0.4, -0.2) is 19.3 Å². The van der Waals surface area contributed by atoms with Crippen LogP contribution in [0.1, 0.15) is 156 Å². The minimum atomic E-state index is -0.284. The second-order valence-corrected chi connectivity index (χ2v) is 9.75. The van der Waals surface area contributed by atoms with E-state index in [1.165, 1.54) is 96.3 Å². The van der Waals surface area contributed by atoms with Crippen LogP contribution in [0.4, 0.5) is 0 Å². The molecule has 0 aromatic rings. The molecule has 0 amide bonds. The van der Waals surface area contributed by atoms with Gasteiger partial charge in [0.25, 0.3) is 0 Å². The highest BCUT2D eigenvalue weighted by molar-refractivity contribution is 4.94. The van der Waals surface area contributed by atoms with E-state index in [0.717, 1.165) is 38.5 Å². The van der Waals surface area contributed by atoms with Gasteiger partial charge in [-0.1, -0.05) is 135 Å². The molecule has 0 aliphatic carbocycles. The molecule has 0 heterocycles. The zero-order chi connectivity index (χ0) is 26.2. The van der Waals surface area contributed by atoms with Gasteiger partial charge in [0, 0.05) is 19.3 Å². The molecule has 206 valence electrons. The second-order valence-electron chi connectivity index (χ2n) is 9.75. The van der Waals surface area contributed by atoms with Gasteiger partial charge < -0.3 is 14.2 Å². The van der Waals surface area contributed by atoms with Crippen LogP contribution >= 0.6 is 0 Å². The maximum Gasteiger partial charge on any atom is 0.180 e. The molecule has 0 aliphatic heterocycles. The fraction of sp³-hybridized carbons (Fsp3) is 0.818. The summed E-state index contributed by atoms with van der Waals surface area (Å²) in [5.74, 6) is 9.35. The van der Waals surface area contributed by atoms with E-state index in [0.29, 0.717) is 13.2 Å². The van der Waals surface area contributed by atoms with Crippen molar-refractivity contribution in [3.8, 4) is 36.1 Å². The van der Waals surface area contributed by atoms with Crippen molar-refractivity contribution in [3.05, 3.63) is 0 Å². The third kappa shape index (κ3) is 28.3. The first-order valence-electron chi connectivity index (χ1n) is 15.2. The van der Waals surface area contributed by atoms with Crippen LogP contribution < -0.4 is 0 Å². The van der Waals surface area contributed by atoms with Crippen LogP contribution in [0, 0.1) is 36.1 Å².